The number of pyridine rings is 1. The lowest BCUT2D eigenvalue weighted by Gasteiger charge is -2.24. The summed E-state index contributed by atoms with van der Waals surface area (Å²) in [5, 5.41) is 6.44. The molecule has 2 N–H and O–H groups in total. The van der Waals surface area contributed by atoms with Gasteiger partial charge < -0.3 is 10.6 Å². The second-order valence-electron chi connectivity index (χ2n) is 5.02. The lowest BCUT2D eigenvalue weighted by molar-refractivity contribution is 0.447. The van der Waals surface area contributed by atoms with Crippen molar-refractivity contribution >= 4 is 5.95 Å². The quantitative estimate of drug-likeness (QED) is 0.857. The third-order valence-corrected chi connectivity index (χ3v) is 3.03. The Morgan fingerprint density at radius 3 is 2.26 bits per heavy atom. The van der Waals surface area contributed by atoms with Crippen LogP contribution in [0.3, 0.4) is 0 Å². The maximum absolute atomic E-state index is 4.32. The molecule has 19 heavy (non-hydrogen) atoms. The number of hydrogen-bond donors (Lipinski definition) is 2. The van der Waals surface area contributed by atoms with Gasteiger partial charge in [0.1, 0.15) is 0 Å². The third kappa shape index (κ3) is 3.72. The van der Waals surface area contributed by atoms with E-state index in [1.165, 1.54) is 0 Å². The molecule has 0 radical (unpaired) electrons. The predicted molar refractivity (Wildman–Crippen MR) is 76.9 cm³/mol. The minimum Gasteiger partial charge on any atom is -0.352 e. The first-order chi connectivity index (χ1) is 9.11. The van der Waals surface area contributed by atoms with E-state index in [9.17, 15) is 0 Å². The van der Waals surface area contributed by atoms with Crippen molar-refractivity contribution in [1.29, 1.82) is 0 Å². The monoisotopic (exact) mass is 257 g/mol. The highest BCUT2D eigenvalue weighted by molar-refractivity contribution is 5.61. The molecule has 0 aromatic carbocycles. The summed E-state index contributed by atoms with van der Waals surface area (Å²) in [6.07, 6.45) is 7.15. The summed E-state index contributed by atoms with van der Waals surface area (Å²) >= 11 is 0. The summed E-state index contributed by atoms with van der Waals surface area (Å²) in [4.78, 5) is 12.6. The van der Waals surface area contributed by atoms with Crippen LogP contribution in [0.2, 0.25) is 0 Å². The molecule has 2 aromatic rings. The van der Waals surface area contributed by atoms with E-state index in [0.29, 0.717) is 5.95 Å². The summed E-state index contributed by atoms with van der Waals surface area (Å²) in [6.45, 7) is 4.99. The smallest absolute Gasteiger partial charge is 0.222 e. The van der Waals surface area contributed by atoms with Crippen molar-refractivity contribution in [3.63, 3.8) is 0 Å². The summed E-state index contributed by atoms with van der Waals surface area (Å²) in [7, 11) is 1.94. The van der Waals surface area contributed by atoms with Gasteiger partial charge in [-0.25, -0.2) is 9.97 Å². The van der Waals surface area contributed by atoms with Crippen molar-refractivity contribution in [2.24, 2.45) is 0 Å². The summed E-state index contributed by atoms with van der Waals surface area (Å²) in [6, 6.07) is 3.88. The molecule has 2 heterocycles. The number of aromatic nitrogens is 3. The van der Waals surface area contributed by atoms with E-state index in [1.807, 2.05) is 31.6 Å². The van der Waals surface area contributed by atoms with Crippen LogP contribution in [0.4, 0.5) is 5.95 Å². The second kappa shape index (κ2) is 5.75. The molecular weight excluding hydrogens is 238 g/mol. The molecule has 0 atom stereocenters. The van der Waals surface area contributed by atoms with Gasteiger partial charge >= 0.3 is 0 Å². The standard InChI is InChI=1S/C14H19N5/c1-14(2,15-3)10-19-13-17-8-12(9-18-13)11-4-6-16-7-5-11/h4-9,15H,10H2,1-3H3,(H,17,18,19). The summed E-state index contributed by atoms with van der Waals surface area (Å²) in [5.74, 6) is 0.640. The molecule has 5 heteroatoms. The SMILES string of the molecule is CNC(C)(C)CNc1ncc(-c2ccncc2)cn1. The molecule has 0 bridgehead atoms. The topological polar surface area (TPSA) is 62.7 Å². The van der Waals surface area contributed by atoms with Crippen molar-refractivity contribution < 1.29 is 0 Å². The molecule has 0 aliphatic heterocycles. The van der Waals surface area contributed by atoms with Gasteiger partial charge in [0, 0.05) is 42.4 Å². The number of rotatable bonds is 5. The Bertz CT molecular complexity index is 507. The fourth-order valence-corrected chi connectivity index (χ4v) is 1.50. The van der Waals surface area contributed by atoms with Gasteiger partial charge in [-0.2, -0.15) is 0 Å². The molecule has 0 fully saturated rings. The molecule has 100 valence electrons. The van der Waals surface area contributed by atoms with E-state index in [1.54, 1.807) is 12.4 Å². The van der Waals surface area contributed by atoms with Gasteiger partial charge in [-0.15, -0.1) is 0 Å². The third-order valence-electron chi connectivity index (χ3n) is 3.03. The molecule has 0 spiro atoms. The van der Waals surface area contributed by atoms with Crippen molar-refractivity contribution in [1.82, 2.24) is 20.3 Å². The zero-order valence-corrected chi connectivity index (χ0v) is 11.5. The average molecular weight is 257 g/mol. The van der Waals surface area contributed by atoms with Gasteiger partial charge in [0.2, 0.25) is 5.95 Å². The Labute approximate surface area is 113 Å². The number of hydrogen-bond acceptors (Lipinski definition) is 5. The normalized spacial score (nSPS) is 11.3. The summed E-state index contributed by atoms with van der Waals surface area (Å²) in [5.41, 5.74) is 2.06. The molecule has 0 unspecified atom stereocenters. The van der Waals surface area contributed by atoms with Crippen LogP contribution in [0.15, 0.2) is 36.9 Å². The van der Waals surface area contributed by atoms with Gasteiger partial charge in [-0.3, -0.25) is 4.98 Å². The second-order valence-corrected chi connectivity index (χ2v) is 5.02. The van der Waals surface area contributed by atoms with Crippen LogP contribution in [-0.2, 0) is 0 Å². The van der Waals surface area contributed by atoms with E-state index in [2.05, 4.69) is 39.4 Å². The zero-order chi connectivity index (χ0) is 13.7. The number of likely N-dealkylation sites (N-methyl/N-ethyl adjacent to an activating group) is 1. The summed E-state index contributed by atoms with van der Waals surface area (Å²) < 4.78 is 0. The Morgan fingerprint density at radius 1 is 1.05 bits per heavy atom. The lowest BCUT2D eigenvalue weighted by Crippen LogP contribution is -2.43. The predicted octanol–water partition coefficient (Wildman–Crippen LogP) is 1.95. The van der Waals surface area contributed by atoms with Crippen LogP contribution >= 0.6 is 0 Å². The van der Waals surface area contributed by atoms with Crippen molar-refractivity contribution in [3.05, 3.63) is 36.9 Å². The van der Waals surface area contributed by atoms with Gasteiger partial charge in [0.05, 0.1) is 0 Å². The number of anilines is 1. The number of nitrogens with zero attached hydrogens (tertiary/aromatic N) is 3. The first kappa shape index (κ1) is 13.4. The van der Waals surface area contributed by atoms with Crippen molar-refractivity contribution in [2.45, 2.75) is 19.4 Å². The van der Waals surface area contributed by atoms with E-state index in [0.717, 1.165) is 17.7 Å². The van der Waals surface area contributed by atoms with Crippen LogP contribution in [0, 0.1) is 0 Å². The van der Waals surface area contributed by atoms with E-state index >= 15 is 0 Å². The lowest BCUT2D eigenvalue weighted by atomic mass is 10.1. The van der Waals surface area contributed by atoms with Crippen LogP contribution < -0.4 is 10.6 Å². The van der Waals surface area contributed by atoms with Crippen molar-refractivity contribution in [3.8, 4) is 11.1 Å². The molecule has 2 aromatic heterocycles. The molecule has 0 aliphatic rings. The van der Waals surface area contributed by atoms with Gasteiger partial charge in [0.25, 0.3) is 0 Å². The fourth-order valence-electron chi connectivity index (χ4n) is 1.50. The molecule has 0 saturated carbocycles. The Morgan fingerprint density at radius 2 is 1.68 bits per heavy atom. The number of nitrogens with one attached hydrogen (secondary N) is 2. The highest BCUT2D eigenvalue weighted by atomic mass is 15.1. The van der Waals surface area contributed by atoms with Crippen LogP contribution in [-0.4, -0.2) is 34.1 Å². The Hall–Kier alpha value is -2.01. The van der Waals surface area contributed by atoms with Gasteiger partial charge in [0.15, 0.2) is 0 Å². The van der Waals surface area contributed by atoms with Crippen LogP contribution in [0.5, 0.6) is 0 Å². The first-order valence-electron chi connectivity index (χ1n) is 6.26. The molecular formula is C14H19N5. The molecule has 0 saturated heterocycles. The maximum atomic E-state index is 4.32. The molecule has 5 nitrogen and oxygen atoms in total. The van der Waals surface area contributed by atoms with Crippen LogP contribution in [0.1, 0.15) is 13.8 Å². The zero-order valence-electron chi connectivity index (χ0n) is 11.5. The maximum Gasteiger partial charge on any atom is 0.222 e. The first-order valence-corrected chi connectivity index (χ1v) is 6.26. The molecule has 0 aliphatic carbocycles. The fraction of sp³-hybridized carbons (Fsp3) is 0.357. The highest BCUT2D eigenvalue weighted by Gasteiger charge is 2.14. The largest absolute Gasteiger partial charge is 0.352 e. The Kier molecular flexibility index (Phi) is 4.06. The Balaban J connectivity index is 2.03. The van der Waals surface area contributed by atoms with Gasteiger partial charge in [-0.1, -0.05) is 0 Å². The molecule has 2 rings (SSSR count). The van der Waals surface area contributed by atoms with Gasteiger partial charge in [-0.05, 0) is 38.6 Å². The van der Waals surface area contributed by atoms with E-state index in [4.69, 9.17) is 0 Å². The van der Waals surface area contributed by atoms with Crippen LogP contribution in [0.25, 0.3) is 11.1 Å². The minimum absolute atomic E-state index is 0.00707. The average Bonchev–Trinajstić information content (AvgIpc) is 2.47. The van der Waals surface area contributed by atoms with Crippen molar-refractivity contribution in [2.75, 3.05) is 18.9 Å². The minimum atomic E-state index is 0.00707. The highest BCUT2D eigenvalue weighted by Crippen LogP contribution is 2.16. The van der Waals surface area contributed by atoms with E-state index < -0.39 is 0 Å². The van der Waals surface area contributed by atoms with E-state index in [-0.39, 0.29) is 5.54 Å². The molecule has 0 amide bonds.